The van der Waals surface area contributed by atoms with Crippen LogP contribution in [0, 0.1) is 0 Å². The topological polar surface area (TPSA) is 74.6 Å². The van der Waals surface area contributed by atoms with E-state index in [9.17, 15) is 14.7 Å². The molecule has 0 spiro atoms. The average molecular weight is 155 g/mol. The third-order valence-electron chi connectivity index (χ3n) is 1.000. The first-order valence-electron chi connectivity index (χ1n) is 4.86. The fraction of sp³-hybridized carbons (Fsp3) is 0.667. The predicted molar refractivity (Wildman–Crippen MR) is 33.6 cm³/mol. The Labute approximate surface area is 65.5 Å². The predicted octanol–water partition coefficient (Wildman–Crippen LogP) is -0.199. The first-order chi connectivity index (χ1) is 6.39. The van der Waals surface area contributed by atoms with Gasteiger partial charge in [0.2, 0.25) is 5.60 Å². The summed E-state index contributed by atoms with van der Waals surface area (Å²) in [5.74, 6) is -3.70. The molecule has 58 valence electrons. The molecule has 0 heterocycles. The molecule has 1 atom stereocenters. The van der Waals surface area contributed by atoms with Crippen molar-refractivity contribution in [3.05, 3.63) is 0 Å². The average Bonchev–Trinajstić information content (AvgIpc) is 1.99. The number of ketones is 1. The fourth-order valence-electron chi connectivity index (χ4n) is 0.292. The van der Waals surface area contributed by atoms with Crippen LogP contribution in [0.5, 0.6) is 0 Å². The number of carboxylic acids is 1. The standard InChI is InChI=1S/C6H10O4/c1-3-6(10,4(2)7)5(8)9/h10H,3H2,1-2H3,(H,8,9)/i1D3,2+1,3D2,4+1,5+1,6+1. The van der Waals surface area contributed by atoms with Crippen molar-refractivity contribution in [1.29, 1.82) is 0 Å². The zero-order chi connectivity index (χ0) is 12.7. The van der Waals surface area contributed by atoms with Crippen molar-refractivity contribution >= 4 is 11.8 Å². The second-order valence-electron chi connectivity index (χ2n) is 1.70. The van der Waals surface area contributed by atoms with Gasteiger partial charge in [-0.1, -0.05) is 6.85 Å². The van der Waals surface area contributed by atoms with Crippen molar-refractivity contribution in [3.63, 3.8) is 0 Å². The summed E-state index contributed by atoms with van der Waals surface area (Å²) in [4.78, 5) is 21.5. The molecule has 0 aromatic heterocycles. The molecule has 0 aromatic rings. The molecule has 0 fully saturated rings. The Balaban J connectivity index is 5.68. The largest absolute Gasteiger partial charge is 0.479 e. The highest BCUT2D eigenvalue weighted by atomic mass is 16.6. The van der Waals surface area contributed by atoms with Crippen LogP contribution in [-0.2, 0) is 9.59 Å². The Kier molecular flexibility index (Phi) is 0.970. The van der Waals surface area contributed by atoms with Crippen LogP contribution in [0.15, 0.2) is 0 Å². The number of aliphatic hydroxyl groups is 1. The molecule has 1 unspecified atom stereocenters. The van der Waals surface area contributed by atoms with Crippen molar-refractivity contribution in [3.8, 4) is 0 Å². The van der Waals surface area contributed by atoms with Crippen LogP contribution in [0.2, 0.25) is 0 Å². The van der Waals surface area contributed by atoms with Crippen molar-refractivity contribution in [1.82, 2.24) is 0 Å². The minimum atomic E-state index is -3.57. The highest BCUT2D eigenvalue weighted by Gasteiger charge is 2.38. The van der Waals surface area contributed by atoms with E-state index in [1.54, 1.807) is 0 Å². The van der Waals surface area contributed by atoms with Crippen LogP contribution in [-0.4, -0.2) is 27.6 Å². The molecule has 0 aromatic carbocycles. The number of hydrogen-bond donors (Lipinski definition) is 2. The smallest absolute Gasteiger partial charge is 0.343 e. The van der Waals surface area contributed by atoms with Gasteiger partial charge in [0.25, 0.3) is 0 Å². The summed E-state index contributed by atoms with van der Waals surface area (Å²) < 4.78 is 34.4. The Hall–Kier alpha value is -0.900. The van der Waals surface area contributed by atoms with Gasteiger partial charge >= 0.3 is 5.97 Å². The summed E-state index contributed by atoms with van der Waals surface area (Å²) in [6.45, 7) is -2.82. The van der Waals surface area contributed by atoms with E-state index < -0.39 is 30.6 Å². The summed E-state index contributed by atoms with van der Waals surface area (Å²) in [5.41, 5.74) is -3.57. The molecule has 0 amide bonds. The zero-order valence-electron chi connectivity index (χ0n) is 10.2. The molecule has 0 saturated carbocycles. The van der Waals surface area contributed by atoms with Gasteiger partial charge in [-0.15, -0.1) is 0 Å². The number of aliphatic carboxylic acids is 1. The van der Waals surface area contributed by atoms with Crippen LogP contribution in [0.3, 0.4) is 0 Å². The highest BCUT2D eigenvalue weighted by molar-refractivity contribution is 6.04. The van der Waals surface area contributed by atoms with Crippen molar-refractivity contribution < 1.29 is 26.7 Å². The van der Waals surface area contributed by atoms with Crippen molar-refractivity contribution in [2.75, 3.05) is 0 Å². The molecule has 0 saturated heterocycles. The maximum Gasteiger partial charge on any atom is 0.343 e. The van der Waals surface area contributed by atoms with E-state index in [1.165, 1.54) is 0 Å². The maximum atomic E-state index is 10.9. The minimum absolute atomic E-state index is 0.609. The zero-order valence-corrected chi connectivity index (χ0v) is 5.21. The van der Waals surface area contributed by atoms with E-state index in [-0.39, 0.29) is 0 Å². The van der Waals surface area contributed by atoms with E-state index in [1.807, 2.05) is 0 Å². The van der Waals surface area contributed by atoms with Gasteiger partial charge in [0.15, 0.2) is 5.78 Å². The summed E-state index contributed by atoms with van der Waals surface area (Å²) in [6, 6.07) is 0. The van der Waals surface area contributed by atoms with Crippen LogP contribution < -0.4 is 0 Å². The number of hydrogen-bond acceptors (Lipinski definition) is 3. The molecule has 0 aliphatic rings. The molecule has 0 bridgehead atoms. The first kappa shape index (κ1) is 3.48. The van der Waals surface area contributed by atoms with Crippen LogP contribution >= 0.6 is 0 Å². The Morgan fingerprint density at radius 1 is 1.80 bits per heavy atom. The van der Waals surface area contributed by atoms with Crippen molar-refractivity contribution in [2.45, 2.75) is 25.7 Å². The SMILES string of the molecule is [2H]C([2H])([2H])C([2H])([2H])[13C](O)([13C]([13CH3])=O)[13C](=O)O. The Bertz CT molecular complexity index is 280. The molecule has 0 rings (SSSR count). The molecule has 10 heavy (non-hydrogen) atoms. The van der Waals surface area contributed by atoms with E-state index >= 15 is 0 Å². The van der Waals surface area contributed by atoms with E-state index in [4.69, 9.17) is 12.0 Å². The molecular formula is C6H10O4. The Morgan fingerprint density at radius 2 is 2.30 bits per heavy atom. The summed E-state index contributed by atoms with van der Waals surface area (Å²) >= 11 is 0. The molecular weight excluding hydrogens is 140 g/mol. The maximum absolute atomic E-state index is 10.9. The number of carbonyl (C=O) groups is 2. The molecule has 0 aliphatic carbocycles. The lowest BCUT2D eigenvalue weighted by molar-refractivity contribution is -0.164. The van der Waals surface area contributed by atoms with E-state index in [0.717, 1.165) is 0 Å². The quantitative estimate of drug-likeness (QED) is 0.437. The third kappa shape index (κ3) is 1.33. The lowest BCUT2D eigenvalue weighted by Gasteiger charge is -2.16. The van der Waals surface area contributed by atoms with Crippen LogP contribution in [0.25, 0.3) is 0 Å². The third-order valence-corrected chi connectivity index (χ3v) is 1.000. The summed E-state index contributed by atoms with van der Waals surface area (Å²) in [7, 11) is 0. The summed E-state index contributed by atoms with van der Waals surface area (Å²) in [5, 5.41) is 17.9. The van der Waals surface area contributed by atoms with Gasteiger partial charge in [-0.25, -0.2) is 4.79 Å². The van der Waals surface area contributed by atoms with Gasteiger partial charge in [0, 0.05) is 6.85 Å². The van der Waals surface area contributed by atoms with Crippen LogP contribution in [0.4, 0.5) is 0 Å². The molecule has 4 nitrogen and oxygen atoms in total. The second kappa shape index (κ2) is 2.79. The van der Waals surface area contributed by atoms with Gasteiger partial charge in [-0.2, -0.15) is 0 Å². The summed E-state index contributed by atoms with van der Waals surface area (Å²) in [6.07, 6.45) is -3.56. The number of Topliss-reactive ketones (excluding diaryl/α,β-unsaturated/α-hetero) is 1. The van der Waals surface area contributed by atoms with Crippen molar-refractivity contribution in [2.24, 2.45) is 0 Å². The number of rotatable bonds is 3. The van der Waals surface area contributed by atoms with Gasteiger partial charge in [-0.05, 0) is 13.3 Å². The first-order valence-corrected chi connectivity index (χ1v) is 2.36. The lowest BCUT2D eigenvalue weighted by atomic mass is 10.6. The molecule has 4 heteroatoms. The van der Waals surface area contributed by atoms with Gasteiger partial charge < -0.3 is 10.2 Å². The molecule has 0 aliphatic heterocycles. The second-order valence-corrected chi connectivity index (χ2v) is 1.70. The van der Waals surface area contributed by atoms with Gasteiger partial charge in [0.05, 0.1) is 0 Å². The molecule has 2 N–H and O–H groups in total. The minimum Gasteiger partial charge on any atom is -0.479 e. The lowest BCUT2D eigenvalue weighted by Crippen LogP contribution is -2.44. The number of carbonyl (C=O) groups excluding carboxylic acids is 1. The van der Waals surface area contributed by atoms with Gasteiger partial charge in [-0.3, -0.25) is 4.79 Å². The van der Waals surface area contributed by atoms with E-state index in [0.29, 0.717) is 6.92 Å². The highest BCUT2D eigenvalue weighted by Crippen LogP contribution is 2.10. The molecule has 0 radical (unpaired) electrons. The normalized spacial score (nSPS) is 26.0. The van der Waals surface area contributed by atoms with E-state index in [2.05, 4.69) is 0 Å². The van der Waals surface area contributed by atoms with Gasteiger partial charge in [0.1, 0.15) is 0 Å². The fourth-order valence-corrected chi connectivity index (χ4v) is 0.292. The Morgan fingerprint density at radius 3 is 2.40 bits per heavy atom. The monoisotopic (exact) mass is 155 g/mol. The van der Waals surface area contributed by atoms with Crippen LogP contribution in [0.1, 0.15) is 27.0 Å². The number of carboxylic acid groups (broad SMARTS) is 1.